The van der Waals surface area contributed by atoms with Crippen LogP contribution in [0.2, 0.25) is 0 Å². The van der Waals surface area contributed by atoms with Crippen LogP contribution in [0.15, 0.2) is 63.0 Å². The monoisotopic (exact) mass is 380 g/mol. The number of benzene rings is 2. The number of hydrazone groups is 1. The second-order valence-corrected chi connectivity index (χ2v) is 7.40. The Morgan fingerprint density at radius 3 is 2.23 bits per heavy atom. The zero-order chi connectivity index (χ0) is 16.2. The van der Waals surface area contributed by atoms with Gasteiger partial charge in [0.2, 0.25) is 0 Å². The Kier molecular flexibility index (Phi) is 5.37. The number of nitrogens with zero attached hydrogens (tertiary/aromatic N) is 1. The van der Waals surface area contributed by atoms with Crippen molar-refractivity contribution >= 4 is 31.7 Å². The molecule has 1 N–H and O–H groups in total. The summed E-state index contributed by atoms with van der Waals surface area (Å²) in [4.78, 5) is 2.48. The van der Waals surface area contributed by atoms with Crippen LogP contribution in [0.1, 0.15) is 24.5 Å². The molecule has 0 aromatic heterocycles. The fourth-order valence-electron chi connectivity index (χ4n) is 1.88. The summed E-state index contributed by atoms with van der Waals surface area (Å²) in [6, 6.07) is 14.2. The van der Waals surface area contributed by atoms with E-state index in [9.17, 15) is 8.42 Å². The van der Waals surface area contributed by atoms with Crippen LogP contribution in [0.3, 0.4) is 0 Å². The van der Waals surface area contributed by atoms with E-state index in [4.69, 9.17) is 0 Å². The summed E-state index contributed by atoms with van der Waals surface area (Å²) in [5, 5.41) is 4.08. The highest BCUT2D eigenvalue weighted by Crippen LogP contribution is 2.15. The van der Waals surface area contributed by atoms with Crippen molar-refractivity contribution in [3.63, 3.8) is 0 Å². The molecule has 0 radical (unpaired) electrons. The van der Waals surface area contributed by atoms with Crippen LogP contribution in [0.25, 0.3) is 0 Å². The highest BCUT2D eigenvalue weighted by Gasteiger charge is 2.13. The summed E-state index contributed by atoms with van der Waals surface area (Å²) in [6.45, 7) is 3.94. The van der Waals surface area contributed by atoms with Gasteiger partial charge in [0.15, 0.2) is 0 Å². The van der Waals surface area contributed by atoms with E-state index in [0.29, 0.717) is 12.1 Å². The minimum atomic E-state index is -3.66. The standard InChI is InChI=1S/C16H17BrN2O2S/c1-3-16(13-6-4-12(2)5-7-13)18-19-22(20,21)15-10-8-14(17)9-11-15/h4-11,19H,3H2,1-2H3/b18-16+. The lowest BCUT2D eigenvalue weighted by Crippen LogP contribution is -2.20. The molecule has 0 heterocycles. The number of hydrogen-bond donors (Lipinski definition) is 1. The lowest BCUT2D eigenvalue weighted by molar-refractivity contribution is 0.584. The van der Waals surface area contributed by atoms with Gasteiger partial charge in [-0.2, -0.15) is 18.4 Å². The van der Waals surface area contributed by atoms with Gasteiger partial charge in [0.1, 0.15) is 0 Å². The molecule has 0 saturated carbocycles. The molecule has 0 saturated heterocycles. The van der Waals surface area contributed by atoms with Gasteiger partial charge >= 0.3 is 0 Å². The number of nitrogens with one attached hydrogen (secondary N) is 1. The van der Waals surface area contributed by atoms with Crippen molar-refractivity contribution < 1.29 is 8.42 Å². The first-order valence-corrected chi connectivity index (χ1v) is 9.11. The third-order valence-electron chi connectivity index (χ3n) is 3.14. The van der Waals surface area contributed by atoms with Crippen molar-refractivity contribution in [2.24, 2.45) is 5.10 Å². The maximum Gasteiger partial charge on any atom is 0.276 e. The first-order chi connectivity index (χ1) is 10.4. The van der Waals surface area contributed by atoms with Crippen LogP contribution < -0.4 is 4.83 Å². The molecule has 116 valence electrons. The minimum absolute atomic E-state index is 0.179. The lowest BCUT2D eigenvalue weighted by atomic mass is 10.1. The maximum atomic E-state index is 12.2. The summed E-state index contributed by atoms with van der Waals surface area (Å²) in [5.74, 6) is 0. The molecule has 0 aliphatic rings. The molecule has 6 heteroatoms. The Morgan fingerprint density at radius 2 is 1.68 bits per heavy atom. The molecule has 0 fully saturated rings. The van der Waals surface area contributed by atoms with Gasteiger partial charge in [-0.15, -0.1) is 0 Å². The van der Waals surface area contributed by atoms with Crippen LogP contribution in [0.4, 0.5) is 0 Å². The fraction of sp³-hybridized carbons (Fsp3) is 0.188. The molecular weight excluding hydrogens is 364 g/mol. The Balaban J connectivity index is 2.24. The molecule has 0 bridgehead atoms. The average molecular weight is 381 g/mol. The van der Waals surface area contributed by atoms with Crippen molar-refractivity contribution in [3.05, 3.63) is 64.1 Å². The summed E-state index contributed by atoms with van der Waals surface area (Å²) in [6.07, 6.45) is 0.631. The fourth-order valence-corrected chi connectivity index (χ4v) is 2.97. The van der Waals surface area contributed by atoms with Gasteiger partial charge in [-0.05, 0) is 43.2 Å². The highest BCUT2D eigenvalue weighted by atomic mass is 79.9. The molecule has 22 heavy (non-hydrogen) atoms. The summed E-state index contributed by atoms with van der Waals surface area (Å²) >= 11 is 3.28. The van der Waals surface area contributed by atoms with E-state index in [-0.39, 0.29) is 4.90 Å². The van der Waals surface area contributed by atoms with Gasteiger partial charge in [-0.1, -0.05) is 52.7 Å². The summed E-state index contributed by atoms with van der Waals surface area (Å²) < 4.78 is 25.3. The van der Waals surface area contributed by atoms with Gasteiger partial charge in [0.25, 0.3) is 10.0 Å². The van der Waals surface area contributed by atoms with Crippen molar-refractivity contribution in [2.45, 2.75) is 25.2 Å². The van der Waals surface area contributed by atoms with Crippen molar-refractivity contribution in [1.29, 1.82) is 0 Å². The third-order valence-corrected chi connectivity index (χ3v) is 4.90. The molecule has 2 aromatic rings. The molecule has 2 rings (SSSR count). The molecule has 0 atom stereocenters. The summed E-state index contributed by atoms with van der Waals surface area (Å²) in [7, 11) is -3.66. The van der Waals surface area contributed by atoms with Crippen molar-refractivity contribution in [1.82, 2.24) is 4.83 Å². The molecule has 0 aliphatic carbocycles. The Labute approximate surface area is 139 Å². The number of rotatable bonds is 5. The van der Waals surface area contributed by atoms with Crippen LogP contribution in [-0.2, 0) is 10.0 Å². The van der Waals surface area contributed by atoms with E-state index in [1.54, 1.807) is 12.1 Å². The van der Waals surface area contributed by atoms with E-state index >= 15 is 0 Å². The smallest absolute Gasteiger partial charge is 0.200 e. The van der Waals surface area contributed by atoms with E-state index in [2.05, 4.69) is 25.9 Å². The molecular formula is C16H17BrN2O2S. The van der Waals surface area contributed by atoms with Crippen LogP contribution in [0.5, 0.6) is 0 Å². The number of aryl methyl sites for hydroxylation is 1. The first kappa shape index (κ1) is 16.7. The third kappa shape index (κ3) is 4.18. The topological polar surface area (TPSA) is 58.5 Å². The normalized spacial score (nSPS) is 12.2. The van der Waals surface area contributed by atoms with Crippen LogP contribution in [-0.4, -0.2) is 14.1 Å². The van der Waals surface area contributed by atoms with Crippen LogP contribution >= 0.6 is 15.9 Å². The lowest BCUT2D eigenvalue weighted by Gasteiger charge is -2.07. The minimum Gasteiger partial charge on any atom is -0.200 e. The average Bonchev–Trinajstić information content (AvgIpc) is 2.50. The van der Waals surface area contributed by atoms with Crippen molar-refractivity contribution in [2.75, 3.05) is 0 Å². The zero-order valence-corrected chi connectivity index (χ0v) is 14.8. The predicted molar refractivity (Wildman–Crippen MR) is 92.5 cm³/mol. The van der Waals surface area contributed by atoms with Gasteiger partial charge in [0.05, 0.1) is 10.6 Å². The van der Waals surface area contributed by atoms with Gasteiger partial charge in [-0.25, -0.2) is 0 Å². The van der Waals surface area contributed by atoms with E-state index in [1.807, 2.05) is 38.1 Å². The van der Waals surface area contributed by atoms with E-state index < -0.39 is 10.0 Å². The van der Waals surface area contributed by atoms with Crippen LogP contribution in [0, 0.1) is 6.92 Å². The second-order valence-electron chi connectivity index (χ2n) is 4.83. The zero-order valence-electron chi connectivity index (χ0n) is 12.4. The Morgan fingerprint density at radius 1 is 1.09 bits per heavy atom. The van der Waals surface area contributed by atoms with Crippen molar-refractivity contribution in [3.8, 4) is 0 Å². The Hall–Kier alpha value is -1.66. The second kappa shape index (κ2) is 7.07. The molecule has 0 amide bonds. The van der Waals surface area contributed by atoms with Gasteiger partial charge in [0, 0.05) is 4.47 Å². The predicted octanol–water partition coefficient (Wildman–Crippen LogP) is 3.85. The summed E-state index contributed by atoms with van der Waals surface area (Å²) in [5.41, 5.74) is 2.75. The van der Waals surface area contributed by atoms with Gasteiger partial charge in [-0.3, -0.25) is 0 Å². The SMILES string of the molecule is CC/C(=N\NS(=O)(=O)c1ccc(Br)cc1)c1ccc(C)cc1. The maximum absolute atomic E-state index is 12.2. The van der Waals surface area contributed by atoms with E-state index in [0.717, 1.165) is 15.6 Å². The quantitative estimate of drug-likeness (QED) is 0.632. The first-order valence-electron chi connectivity index (χ1n) is 6.83. The molecule has 4 nitrogen and oxygen atoms in total. The molecule has 0 spiro atoms. The van der Waals surface area contributed by atoms with E-state index in [1.165, 1.54) is 12.1 Å². The number of sulfonamides is 1. The molecule has 2 aromatic carbocycles. The number of hydrogen-bond acceptors (Lipinski definition) is 3. The largest absolute Gasteiger partial charge is 0.276 e. The molecule has 0 aliphatic heterocycles. The Bertz CT molecular complexity index is 767. The highest BCUT2D eigenvalue weighted by molar-refractivity contribution is 9.10. The van der Waals surface area contributed by atoms with Gasteiger partial charge < -0.3 is 0 Å². The number of halogens is 1. The molecule has 0 unspecified atom stereocenters.